The van der Waals surface area contributed by atoms with E-state index in [9.17, 15) is 9.59 Å². The summed E-state index contributed by atoms with van der Waals surface area (Å²) in [6.07, 6.45) is 0. The van der Waals surface area contributed by atoms with Crippen molar-refractivity contribution >= 4 is 28.3 Å². The molecule has 0 saturated carbocycles. The second-order valence-corrected chi connectivity index (χ2v) is 6.68. The fraction of sp³-hybridized carbons (Fsp3) is 0.0455. The van der Waals surface area contributed by atoms with Crippen molar-refractivity contribution in [2.24, 2.45) is 0 Å². The minimum absolute atomic E-state index is 0.0633. The van der Waals surface area contributed by atoms with E-state index in [-0.39, 0.29) is 11.3 Å². The van der Waals surface area contributed by atoms with Gasteiger partial charge in [-0.15, -0.1) is 0 Å². The van der Waals surface area contributed by atoms with Gasteiger partial charge in [-0.25, -0.2) is 4.79 Å². The van der Waals surface area contributed by atoms with Gasteiger partial charge in [-0.05, 0) is 48.9 Å². The van der Waals surface area contributed by atoms with E-state index in [0.29, 0.717) is 27.2 Å². The van der Waals surface area contributed by atoms with Gasteiger partial charge in [0.05, 0.1) is 11.1 Å². The highest BCUT2D eigenvalue weighted by atomic mass is 35.5. The molecule has 138 valence electrons. The van der Waals surface area contributed by atoms with Crippen molar-refractivity contribution < 1.29 is 9.53 Å². The molecule has 0 aliphatic heterocycles. The highest BCUT2D eigenvalue weighted by Crippen LogP contribution is 2.24. The number of para-hydroxylation sites is 1. The Balaban J connectivity index is 1.87. The Kier molecular flexibility index (Phi) is 4.67. The van der Waals surface area contributed by atoms with Gasteiger partial charge in [0.1, 0.15) is 5.75 Å². The van der Waals surface area contributed by atoms with Crippen LogP contribution in [0.5, 0.6) is 5.75 Å². The quantitative estimate of drug-likeness (QED) is 0.380. The fourth-order valence-corrected chi connectivity index (χ4v) is 3.19. The molecule has 1 aromatic heterocycles. The number of hydrogen-bond donors (Lipinski definition) is 0. The summed E-state index contributed by atoms with van der Waals surface area (Å²) in [6.45, 7) is 1.80. The van der Waals surface area contributed by atoms with Crippen molar-refractivity contribution in [2.75, 3.05) is 0 Å². The largest absolute Gasteiger partial charge is 0.421 e. The molecule has 0 atom stereocenters. The molecule has 0 amide bonds. The maximum Gasteiger partial charge on any atom is 0.364 e. The summed E-state index contributed by atoms with van der Waals surface area (Å²) in [7, 11) is 0. The molecule has 1 heterocycles. The van der Waals surface area contributed by atoms with Crippen molar-refractivity contribution in [1.82, 2.24) is 9.78 Å². The third-order valence-corrected chi connectivity index (χ3v) is 4.57. The lowest BCUT2D eigenvalue weighted by Gasteiger charge is -2.12. The van der Waals surface area contributed by atoms with Crippen molar-refractivity contribution in [1.29, 1.82) is 0 Å². The van der Waals surface area contributed by atoms with E-state index in [1.54, 1.807) is 73.7 Å². The maximum atomic E-state index is 12.9. The molecular formula is C22H15ClN2O3. The van der Waals surface area contributed by atoms with Crippen LogP contribution >= 0.6 is 11.6 Å². The van der Waals surface area contributed by atoms with Crippen molar-refractivity contribution in [3.8, 4) is 11.4 Å². The maximum absolute atomic E-state index is 12.9. The first-order valence-corrected chi connectivity index (χ1v) is 8.98. The molecule has 0 bridgehead atoms. The van der Waals surface area contributed by atoms with E-state index in [2.05, 4.69) is 5.10 Å². The topological polar surface area (TPSA) is 61.2 Å². The average Bonchev–Trinajstić information content (AvgIpc) is 2.71. The van der Waals surface area contributed by atoms with E-state index in [0.717, 1.165) is 5.56 Å². The molecule has 0 saturated heterocycles. The zero-order chi connectivity index (χ0) is 19.7. The summed E-state index contributed by atoms with van der Waals surface area (Å²) in [5.74, 6) is -0.260. The van der Waals surface area contributed by atoms with E-state index in [4.69, 9.17) is 16.3 Å². The third kappa shape index (κ3) is 3.28. The van der Waals surface area contributed by atoms with Crippen LogP contribution in [0.4, 0.5) is 0 Å². The first-order chi connectivity index (χ1) is 13.5. The highest BCUT2D eigenvalue weighted by molar-refractivity contribution is 6.30. The molecule has 0 radical (unpaired) electrons. The molecule has 0 aliphatic rings. The fourth-order valence-electron chi connectivity index (χ4n) is 2.96. The van der Waals surface area contributed by atoms with Crippen molar-refractivity contribution in [3.63, 3.8) is 0 Å². The number of hydrogen-bond acceptors (Lipinski definition) is 4. The van der Waals surface area contributed by atoms with Crippen LogP contribution in [0.25, 0.3) is 16.5 Å². The van der Waals surface area contributed by atoms with E-state index in [1.807, 2.05) is 6.07 Å². The van der Waals surface area contributed by atoms with Crippen LogP contribution in [-0.2, 0) is 0 Å². The molecule has 3 aromatic carbocycles. The van der Waals surface area contributed by atoms with Gasteiger partial charge < -0.3 is 4.74 Å². The molecule has 6 heteroatoms. The number of carbonyl (C=O) groups excluding carboxylic acids is 1. The number of carbonyl (C=O) groups is 1. The zero-order valence-corrected chi connectivity index (χ0v) is 15.7. The van der Waals surface area contributed by atoms with Crippen LogP contribution in [0.3, 0.4) is 0 Å². The average molecular weight is 391 g/mol. The Bertz CT molecular complexity index is 1250. The number of rotatable bonds is 3. The number of aromatic nitrogens is 2. The SMILES string of the molecule is Cc1cc(Cl)ccc1OC(=O)c1nn(-c2ccccc2)c(=O)c2ccccc12. The highest BCUT2D eigenvalue weighted by Gasteiger charge is 2.20. The van der Waals surface area contributed by atoms with Gasteiger partial charge >= 0.3 is 5.97 Å². The smallest absolute Gasteiger partial charge is 0.364 e. The summed E-state index contributed by atoms with van der Waals surface area (Å²) < 4.78 is 6.77. The van der Waals surface area contributed by atoms with Gasteiger partial charge in [0, 0.05) is 10.4 Å². The number of halogens is 1. The molecule has 0 spiro atoms. The van der Waals surface area contributed by atoms with Crippen LogP contribution in [0, 0.1) is 6.92 Å². The lowest BCUT2D eigenvalue weighted by atomic mass is 10.1. The van der Waals surface area contributed by atoms with E-state index >= 15 is 0 Å². The number of nitrogens with zero attached hydrogens (tertiary/aromatic N) is 2. The molecule has 5 nitrogen and oxygen atoms in total. The van der Waals surface area contributed by atoms with E-state index < -0.39 is 5.97 Å². The lowest BCUT2D eigenvalue weighted by Crippen LogP contribution is -2.26. The molecular weight excluding hydrogens is 376 g/mol. The Hall–Kier alpha value is -3.44. The summed E-state index contributed by atoms with van der Waals surface area (Å²) in [5, 5.41) is 5.70. The number of ether oxygens (including phenoxy) is 1. The Morgan fingerprint density at radius 2 is 1.64 bits per heavy atom. The molecule has 4 aromatic rings. The second-order valence-electron chi connectivity index (χ2n) is 6.25. The van der Waals surface area contributed by atoms with Crippen LogP contribution in [0.1, 0.15) is 16.1 Å². The number of aryl methyl sites for hydroxylation is 1. The van der Waals surface area contributed by atoms with Crippen LogP contribution < -0.4 is 10.3 Å². The van der Waals surface area contributed by atoms with Gasteiger partial charge in [0.2, 0.25) is 0 Å². The van der Waals surface area contributed by atoms with Crippen LogP contribution in [0.2, 0.25) is 5.02 Å². The van der Waals surface area contributed by atoms with Crippen LogP contribution in [-0.4, -0.2) is 15.7 Å². The summed E-state index contributed by atoms with van der Waals surface area (Å²) in [6, 6.07) is 20.8. The first kappa shape index (κ1) is 17.9. The first-order valence-electron chi connectivity index (χ1n) is 8.60. The summed E-state index contributed by atoms with van der Waals surface area (Å²) in [5.41, 5.74) is 1.05. The van der Waals surface area contributed by atoms with E-state index in [1.165, 1.54) is 4.68 Å². The van der Waals surface area contributed by atoms with Gasteiger partial charge in [-0.1, -0.05) is 48.0 Å². The second kappa shape index (κ2) is 7.29. The standard InChI is InChI=1S/C22H15ClN2O3/c1-14-13-15(23)11-12-19(14)28-22(27)20-17-9-5-6-10-18(17)21(26)25(24-20)16-7-3-2-4-8-16/h2-13H,1H3. The van der Waals surface area contributed by atoms with Gasteiger partial charge in [-0.2, -0.15) is 9.78 Å². The Morgan fingerprint density at radius 3 is 2.36 bits per heavy atom. The predicted molar refractivity (Wildman–Crippen MR) is 108 cm³/mol. The van der Waals surface area contributed by atoms with Gasteiger partial charge in [0.15, 0.2) is 5.69 Å². The molecule has 0 unspecified atom stereocenters. The Labute approximate surface area is 165 Å². The molecule has 0 aliphatic carbocycles. The number of esters is 1. The monoisotopic (exact) mass is 390 g/mol. The molecule has 4 rings (SSSR count). The van der Waals surface area contributed by atoms with Crippen LogP contribution in [0.15, 0.2) is 77.6 Å². The van der Waals surface area contributed by atoms with Crippen molar-refractivity contribution in [2.45, 2.75) is 6.92 Å². The third-order valence-electron chi connectivity index (χ3n) is 4.34. The summed E-state index contributed by atoms with van der Waals surface area (Å²) >= 11 is 5.96. The predicted octanol–water partition coefficient (Wildman–Crippen LogP) is 4.57. The normalized spacial score (nSPS) is 10.8. The van der Waals surface area contributed by atoms with Gasteiger partial charge in [0.25, 0.3) is 5.56 Å². The summed E-state index contributed by atoms with van der Waals surface area (Å²) in [4.78, 5) is 25.8. The molecule has 0 N–H and O–H groups in total. The number of fused-ring (bicyclic) bond motifs is 1. The zero-order valence-electron chi connectivity index (χ0n) is 14.9. The van der Waals surface area contributed by atoms with Gasteiger partial charge in [-0.3, -0.25) is 4.79 Å². The van der Waals surface area contributed by atoms with Crippen molar-refractivity contribution in [3.05, 3.63) is 99.4 Å². The Morgan fingerprint density at radius 1 is 0.964 bits per heavy atom. The molecule has 0 fully saturated rings. The minimum atomic E-state index is -0.647. The minimum Gasteiger partial charge on any atom is -0.421 e. The lowest BCUT2D eigenvalue weighted by molar-refractivity contribution is 0.0727. The molecule has 28 heavy (non-hydrogen) atoms. The number of benzene rings is 3.